The van der Waals surface area contributed by atoms with Crippen LogP contribution in [-0.4, -0.2) is 47.2 Å². The van der Waals surface area contributed by atoms with E-state index in [0.29, 0.717) is 6.42 Å². The number of hydrogen-bond donors (Lipinski definition) is 0. The molecule has 0 bridgehead atoms. The monoisotopic (exact) mass is 271 g/mol. The predicted molar refractivity (Wildman–Crippen MR) is 71.6 cm³/mol. The van der Waals surface area contributed by atoms with Gasteiger partial charge in [-0.05, 0) is 34.7 Å². The van der Waals surface area contributed by atoms with E-state index in [4.69, 9.17) is 9.47 Å². The molecule has 1 aliphatic heterocycles. The summed E-state index contributed by atoms with van der Waals surface area (Å²) >= 11 is 0. The van der Waals surface area contributed by atoms with Gasteiger partial charge < -0.3 is 9.47 Å². The summed E-state index contributed by atoms with van der Waals surface area (Å²) < 4.78 is 10.8. The van der Waals surface area contributed by atoms with Crippen molar-refractivity contribution in [3.8, 4) is 0 Å². The number of rotatable bonds is 2. The SMILES string of the molecule is CC(=O)OC1CC(C)(C)N(C)C(C)(C)C1OC(C)=O. The number of ether oxygens (including phenoxy) is 2. The zero-order valence-electron chi connectivity index (χ0n) is 12.9. The summed E-state index contributed by atoms with van der Waals surface area (Å²) in [5.74, 6) is -0.707. The third-order valence-electron chi connectivity index (χ3n) is 4.12. The predicted octanol–water partition coefficient (Wildman–Crippen LogP) is 1.74. The van der Waals surface area contributed by atoms with Gasteiger partial charge in [0.2, 0.25) is 0 Å². The third-order valence-corrected chi connectivity index (χ3v) is 4.12. The highest BCUT2D eigenvalue weighted by Crippen LogP contribution is 2.40. The van der Waals surface area contributed by atoms with Gasteiger partial charge in [-0.2, -0.15) is 0 Å². The number of carbonyl (C=O) groups excluding carboxylic acids is 2. The molecule has 19 heavy (non-hydrogen) atoms. The quantitative estimate of drug-likeness (QED) is 0.716. The van der Waals surface area contributed by atoms with Crippen LogP contribution in [0.5, 0.6) is 0 Å². The fourth-order valence-corrected chi connectivity index (χ4v) is 2.88. The number of piperidine rings is 1. The van der Waals surface area contributed by atoms with E-state index < -0.39 is 17.7 Å². The smallest absolute Gasteiger partial charge is 0.303 e. The van der Waals surface area contributed by atoms with Crippen molar-refractivity contribution in [2.24, 2.45) is 0 Å². The van der Waals surface area contributed by atoms with Crippen molar-refractivity contribution < 1.29 is 19.1 Å². The number of carbonyl (C=O) groups is 2. The maximum atomic E-state index is 11.3. The normalized spacial score (nSPS) is 29.6. The van der Waals surface area contributed by atoms with Gasteiger partial charge in [-0.15, -0.1) is 0 Å². The van der Waals surface area contributed by atoms with Gasteiger partial charge in [-0.1, -0.05) is 0 Å². The minimum atomic E-state index is -0.466. The molecule has 1 aliphatic rings. The largest absolute Gasteiger partial charge is 0.458 e. The highest BCUT2D eigenvalue weighted by atomic mass is 16.6. The van der Waals surface area contributed by atoms with Gasteiger partial charge in [-0.25, -0.2) is 0 Å². The average Bonchev–Trinajstić information content (AvgIpc) is 2.20. The molecule has 0 saturated carbocycles. The highest BCUT2D eigenvalue weighted by Gasteiger charge is 2.53. The first-order valence-electron chi connectivity index (χ1n) is 6.57. The lowest BCUT2D eigenvalue weighted by atomic mass is 9.76. The first kappa shape index (κ1) is 16.0. The number of likely N-dealkylation sites (tertiary alicyclic amines) is 1. The topological polar surface area (TPSA) is 55.8 Å². The van der Waals surface area contributed by atoms with E-state index in [2.05, 4.69) is 18.7 Å². The summed E-state index contributed by atoms with van der Waals surface area (Å²) in [5, 5.41) is 0. The number of hydrogen-bond acceptors (Lipinski definition) is 5. The minimum absolute atomic E-state index is 0.139. The van der Waals surface area contributed by atoms with Crippen LogP contribution in [0.15, 0.2) is 0 Å². The molecule has 2 atom stereocenters. The molecular formula is C14H25NO4. The van der Waals surface area contributed by atoms with E-state index in [0.717, 1.165) is 0 Å². The van der Waals surface area contributed by atoms with Crippen molar-refractivity contribution >= 4 is 11.9 Å². The zero-order chi connectivity index (χ0) is 15.0. The van der Waals surface area contributed by atoms with E-state index in [9.17, 15) is 9.59 Å². The Balaban J connectivity index is 3.11. The van der Waals surface area contributed by atoms with Crippen LogP contribution in [0.2, 0.25) is 0 Å². The molecule has 0 aromatic carbocycles. The first-order valence-corrected chi connectivity index (χ1v) is 6.57. The molecule has 1 rings (SSSR count). The maximum absolute atomic E-state index is 11.3. The molecular weight excluding hydrogens is 246 g/mol. The molecule has 1 heterocycles. The number of nitrogens with zero attached hydrogens (tertiary/aromatic N) is 1. The molecule has 2 unspecified atom stereocenters. The zero-order valence-corrected chi connectivity index (χ0v) is 12.9. The fourth-order valence-electron chi connectivity index (χ4n) is 2.88. The molecule has 0 aromatic heterocycles. The van der Waals surface area contributed by atoms with Crippen LogP contribution in [0.4, 0.5) is 0 Å². The summed E-state index contributed by atoms with van der Waals surface area (Å²) in [6.07, 6.45) is -0.251. The summed E-state index contributed by atoms with van der Waals surface area (Å²) in [6, 6.07) is 0. The Bertz CT molecular complexity index is 376. The highest BCUT2D eigenvalue weighted by molar-refractivity contribution is 5.67. The average molecular weight is 271 g/mol. The lowest BCUT2D eigenvalue weighted by Gasteiger charge is -2.56. The molecule has 0 radical (unpaired) electrons. The molecule has 0 spiro atoms. The van der Waals surface area contributed by atoms with Crippen LogP contribution in [-0.2, 0) is 19.1 Å². The van der Waals surface area contributed by atoms with Gasteiger partial charge in [0.05, 0.1) is 5.54 Å². The second-order valence-corrected chi connectivity index (χ2v) is 6.41. The number of esters is 2. The first-order chi connectivity index (χ1) is 8.48. The van der Waals surface area contributed by atoms with Gasteiger partial charge in [0.25, 0.3) is 0 Å². The summed E-state index contributed by atoms with van der Waals surface area (Å²) in [4.78, 5) is 24.8. The Morgan fingerprint density at radius 2 is 1.53 bits per heavy atom. The molecule has 110 valence electrons. The van der Waals surface area contributed by atoms with Crippen molar-refractivity contribution in [3.63, 3.8) is 0 Å². The van der Waals surface area contributed by atoms with Crippen molar-refractivity contribution in [3.05, 3.63) is 0 Å². The Morgan fingerprint density at radius 1 is 1.05 bits per heavy atom. The third kappa shape index (κ3) is 3.26. The minimum Gasteiger partial charge on any atom is -0.458 e. The number of likely N-dealkylation sites (N-methyl/N-ethyl adjacent to an activating group) is 1. The van der Waals surface area contributed by atoms with E-state index in [1.54, 1.807) is 0 Å². The molecule has 0 amide bonds. The Hall–Kier alpha value is -1.10. The second-order valence-electron chi connectivity index (χ2n) is 6.41. The van der Waals surface area contributed by atoms with Gasteiger partial charge in [-0.3, -0.25) is 14.5 Å². The molecule has 0 aromatic rings. The second kappa shape index (κ2) is 5.12. The summed E-state index contributed by atoms with van der Waals surface area (Å²) in [5.41, 5.74) is -0.548. The van der Waals surface area contributed by atoms with Crippen molar-refractivity contribution in [2.75, 3.05) is 7.05 Å². The van der Waals surface area contributed by atoms with Crippen molar-refractivity contribution in [1.29, 1.82) is 0 Å². The lowest BCUT2D eigenvalue weighted by Crippen LogP contribution is -2.68. The molecule has 5 nitrogen and oxygen atoms in total. The molecule has 1 saturated heterocycles. The molecule has 0 N–H and O–H groups in total. The molecule has 0 aliphatic carbocycles. The van der Waals surface area contributed by atoms with Crippen molar-refractivity contribution in [1.82, 2.24) is 4.90 Å². The van der Waals surface area contributed by atoms with Gasteiger partial charge in [0, 0.05) is 25.8 Å². The van der Waals surface area contributed by atoms with Crippen LogP contribution in [0.1, 0.15) is 48.0 Å². The lowest BCUT2D eigenvalue weighted by molar-refractivity contribution is -0.200. The summed E-state index contributed by atoms with van der Waals surface area (Å²) in [6.45, 7) is 10.9. The maximum Gasteiger partial charge on any atom is 0.303 e. The van der Waals surface area contributed by atoms with E-state index >= 15 is 0 Å². The Kier molecular flexibility index (Phi) is 4.30. The van der Waals surface area contributed by atoms with Gasteiger partial charge in [0.15, 0.2) is 6.10 Å². The fraction of sp³-hybridized carbons (Fsp3) is 0.857. The van der Waals surface area contributed by atoms with E-state index in [-0.39, 0.29) is 17.5 Å². The summed E-state index contributed by atoms with van der Waals surface area (Å²) in [7, 11) is 2.00. The standard InChI is InChI=1S/C14H25NO4/c1-9(16)18-11-8-13(3,4)15(7)14(5,6)12(11)19-10(2)17/h11-12H,8H2,1-7H3. The van der Waals surface area contributed by atoms with Crippen LogP contribution in [0.3, 0.4) is 0 Å². The molecule has 1 fully saturated rings. The Morgan fingerprint density at radius 3 is 1.95 bits per heavy atom. The van der Waals surface area contributed by atoms with Crippen LogP contribution in [0.25, 0.3) is 0 Å². The van der Waals surface area contributed by atoms with Gasteiger partial charge in [0.1, 0.15) is 6.10 Å². The van der Waals surface area contributed by atoms with E-state index in [1.165, 1.54) is 13.8 Å². The Labute approximate surface area is 115 Å². The van der Waals surface area contributed by atoms with Crippen molar-refractivity contribution in [2.45, 2.75) is 71.2 Å². The van der Waals surface area contributed by atoms with Gasteiger partial charge >= 0.3 is 11.9 Å². The van der Waals surface area contributed by atoms with Crippen LogP contribution in [0, 0.1) is 0 Å². The van der Waals surface area contributed by atoms with E-state index in [1.807, 2.05) is 20.9 Å². The molecule has 5 heteroatoms. The van der Waals surface area contributed by atoms with Crippen LogP contribution < -0.4 is 0 Å². The van der Waals surface area contributed by atoms with Crippen LogP contribution >= 0.6 is 0 Å².